The highest BCUT2D eigenvalue weighted by Crippen LogP contribution is 2.38. The van der Waals surface area contributed by atoms with Gasteiger partial charge in [0.25, 0.3) is 5.91 Å². The van der Waals surface area contributed by atoms with E-state index in [-0.39, 0.29) is 23.8 Å². The maximum atomic E-state index is 13.8. The number of H-pyrrole nitrogens is 1. The van der Waals surface area contributed by atoms with E-state index >= 15 is 0 Å². The Morgan fingerprint density at radius 3 is 2.42 bits per heavy atom. The number of esters is 1. The molecule has 45 heavy (non-hydrogen) atoms. The van der Waals surface area contributed by atoms with Crippen molar-refractivity contribution in [3.05, 3.63) is 87.2 Å². The average Bonchev–Trinajstić information content (AvgIpc) is 3.73. The molecule has 2 heterocycles. The maximum Gasteiger partial charge on any atom is 0.387 e. The molecule has 240 valence electrons. The van der Waals surface area contributed by atoms with Gasteiger partial charge in [0, 0.05) is 50.5 Å². The SMILES string of the molecule is CN(C)C(=O)c1ccc(CN2CCSC2C(=O)O[C@@H](Cc2c(Cl)c[nH+]cc2Cl)c2ccc(OC(F)F)c(OCC3CC3)c2)cc1. The van der Waals surface area contributed by atoms with E-state index in [2.05, 4.69) is 4.98 Å². The normalized spacial score (nSPS) is 17.3. The second-order valence-electron chi connectivity index (χ2n) is 11.2. The first kappa shape index (κ1) is 33.2. The number of hydrogen-bond donors (Lipinski definition) is 0. The summed E-state index contributed by atoms with van der Waals surface area (Å²) in [5.41, 5.74) is 2.62. The number of nitrogens with one attached hydrogen (secondary N) is 1. The Hall–Kier alpha value is -3.12. The number of pyridine rings is 1. The molecule has 1 amide bonds. The third kappa shape index (κ3) is 8.78. The van der Waals surface area contributed by atoms with Crippen LogP contribution >= 0.6 is 35.0 Å². The van der Waals surface area contributed by atoms with Gasteiger partial charge in [-0.05, 0) is 54.2 Å². The summed E-state index contributed by atoms with van der Waals surface area (Å²) in [4.78, 5) is 32.5. The quantitative estimate of drug-likeness (QED) is 0.196. The van der Waals surface area contributed by atoms with E-state index < -0.39 is 24.1 Å². The molecule has 0 bridgehead atoms. The average molecular weight is 682 g/mol. The Kier molecular flexibility index (Phi) is 11.1. The molecule has 0 spiro atoms. The number of ether oxygens (including phenoxy) is 3. The van der Waals surface area contributed by atoms with Crippen LogP contribution < -0.4 is 14.5 Å². The Labute approximate surface area is 274 Å². The molecule has 5 rings (SSSR count). The van der Waals surface area contributed by atoms with Crippen LogP contribution in [0.5, 0.6) is 11.5 Å². The van der Waals surface area contributed by atoms with Crippen LogP contribution in [0, 0.1) is 5.92 Å². The van der Waals surface area contributed by atoms with Crippen molar-refractivity contribution in [3.63, 3.8) is 0 Å². The molecule has 1 saturated carbocycles. The lowest BCUT2D eigenvalue weighted by atomic mass is 10.0. The van der Waals surface area contributed by atoms with Gasteiger partial charge in [0.1, 0.15) is 16.1 Å². The number of carbonyl (C=O) groups excluding carboxylic acids is 2. The highest BCUT2D eigenvalue weighted by molar-refractivity contribution is 8.00. The summed E-state index contributed by atoms with van der Waals surface area (Å²) < 4.78 is 43.1. The fourth-order valence-corrected chi connectivity index (χ4v) is 6.61. The number of thioether (sulfide) groups is 1. The van der Waals surface area contributed by atoms with E-state index in [1.807, 2.05) is 17.0 Å². The van der Waals surface area contributed by atoms with Crippen LogP contribution in [-0.4, -0.2) is 66.7 Å². The number of hydrogen-bond acceptors (Lipinski definition) is 7. The molecule has 1 aliphatic carbocycles. The summed E-state index contributed by atoms with van der Waals surface area (Å²) in [6.07, 6.45) is 4.46. The molecule has 1 saturated heterocycles. The van der Waals surface area contributed by atoms with Gasteiger partial charge in [-0.2, -0.15) is 8.78 Å². The van der Waals surface area contributed by atoms with Gasteiger partial charge >= 0.3 is 12.6 Å². The third-order valence-corrected chi connectivity index (χ3v) is 9.45. The molecule has 3 aromatic rings. The van der Waals surface area contributed by atoms with Crippen LogP contribution in [0.2, 0.25) is 10.0 Å². The summed E-state index contributed by atoms with van der Waals surface area (Å²) in [5, 5.41) is 0.136. The molecule has 13 heteroatoms. The highest BCUT2D eigenvalue weighted by Gasteiger charge is 2.35. The predicted molar refractivity (Wildman–Crippen MR) is 168 cm³/mol. The fraction of sp³-hybridized carbons (Fsp3) is 0.406. The molecular formula is C32H34Cl2F2N3O5S+. The summed E-state index contributed by atoms with van der Waals surface area (Å²) >= 11 is 14.4. The summed E-state index contributed by atoms with van der Waals surface area (Å²) in [7, 11) is 3.40. The Morgan fingerprint density at radius 1 is 1.07 bits per heavy atom. The van der Waals surface area contributed by atoms with Crippen molar-refractivity contribution in [2.24, 2.45) is 5.92 Å². The third-order valence-electron chi connectivity index (χ3n) is 7.55. The molecule has 0 radical (unpaired) electrons. The molecule has 1 N–H and O–H groups in total. The van der Waals surface area contributed by atoms with Crippen molar-refractivity contribution in [2.45, 2.75) is 43.9 Å². The second kappa shape index (κ2) is 15.0. The number of nitrogens with zero attached hydrogens (tertiary/aromatic N) is 2. The van der Waals surface area contributed by atoms with Crippen molar-refractivity contribution in [3.8, 4) is 11.5 Å². The minimum Gasteiger partial charge on any atom is -0.489 e. The van der Waals surface area contributed by atoms with Crippen molar-refractivity contribution in [1.29, 1.82) is 0 Å². The summed E-state index contributed by atoms with van der Waals surface area (Å²) in [5.74, 6) is 0.609. The minimum atomic E-state index is -3.03. The van der Waals surface area contributed by atoms with Gasteiger partial charge in [-0.1, -0.05) is 41.4 Å². The van der Waals surface area contributed by atoms with E-state index in [1.165, 1.54) is 22.7 Å². The van der Waals surface area contributed by atoms with E-state index in [4.69, 9.17) is 37.4 Å². The van der Waals surface area contributed by atoms with Crippen LogP contribution in [0.4, 0.5) is 8.78 Å². The van der Waals surface area contributed by atoms with Crippen LogP contribution in [0.15, 0.2) is 54.9 Å². The number of halogens is 4. The largest absolute Gasteiger partial charge is 0.489 e. The molecule has 1 aliphatic heterocycles. The number of alkyl halides is 2. The zero-order valence-electron chi connectivity index (χ0n) is 24.8. The van der Waals surface area contributed by atoms with Crippen LogP contribution in [0.3, 0.4) is 0 Å². The molecule has 1 unspecified atom stereocenters. The molecular weight excluding hydrogens is 647 g/mol. The molecule has 2 atom stereocenters. The molecule has 2 fully saturated rings. The molecule has 8 nitrogen and oxygen atoms in total. The smallest absolute Gasteiger partial charge is 0.387 e. The van der Waals surface area contributed by atoms with Gasteiger partial charge in [-0.15, -0.1) is 11.8 Å². The molecule has 2 aromatic carbocycles. The van der Waals surface area contributed by atoms with Crippen LogP contribution in [-0.2, 0) is 22.5 Å². The van der Waals surface area contributed by atoms with Crippen molar-refractivity contribution >= 4 is 46.8 Å². The van der Waals surface area contributed by atoms with Gasteiger partial charge in [0.2, 0.25) is 0 Å². The minimum absolute atomic E-state index is 0.0859. The Bertz CT molecular complexity index is 1490. The van der Waals surface area contributed by atoms with Gasteiger partial charge in [-0.3, -0.25) is 9.69 Å². The lowest BCUT2D eigenvalue weighted by Crippen LogP contribution is -2.36. The zero-order valence-corrected chi connectivity index (χ0v) is 27.1. The van der Waals surface area contributed by atoms with Gasteiger partial charge in [0.15, 0.2) is 29.3 Å². The van der Waals surface area contributed by atoms with E-state index in [0.717, 1.165) is 24.2 Å². The zero-order chi connectivity index (χ0) is 32.1. The monoisotopic (exact) mass is 680 g/mol. The lowest BCUT2D eigenvalue weighted by Gasteiger charge is -2.26. The van der Waals surface area contributed by atoms with Crippen LogP contribution in [0.1, 0.15) is 46.0 Å². The van der Waals surface area contributed by atoms with Crippen molar-refractivity contribution in [2.75, 3.05) is 33.0 Å². The summed E-state index contributed by atoms with van der Waals surface area (Å²) in [6.45, 7) is -1.50. The number of amides is 1. The summed E-state index contributed by atoms with van der Waals surface area (Å²) in [6, 6.07) is 11.9. The number of aromatic nitrogens is 1. The molecule has 2 aliphatic rings. The standard InChI is InChI=1S/C32H33Cl2F2N3O5S/c1-38(2)29(40)21-7-5-19(6-8-21)17-39-11-12-45-30(39)31(41)43-27(14-23-24(33)15-37-16-25(23)34)22-9-10-26(44-32(35)36)28(13-22)42-18-20-3-4-20/h5-10,13,15-16,20,27,30,32H,3-4,11-12,14,17-18H2,1-2H3/p+1/t27-,30?/m0/s1. The number of rotatable bonds is 13. The Morgan fingerprint density at radius 2 is 1.78 bits per heavy atom. The number of benzene rings is 2. The van der Waals surface area contributed by atoms with Gasteiger partial charge in [0.05, 0.1) is 6.61 Å². The first-order valence-electron chi connectivity index (χ1n) is 14.5. The second-order valence-corrected chi connectivity index (χ2v) is 13.2. The fourth-order valence-electron chi connectivity index (χ4n) is 4.93. The van der Waals surface area contributed by atoms with Crippen molar-refractivity contribution in [1.82, 2.24) is 9.80 Å². The topological polar surface area (TPSA) is 82.5 Å². The first-order valence-corrected chi connectivity index (χ1v) is 16.3. The number of carbonyl (C=O) groups is 2. The van der Waals surface area contributed by atoms with E-state index in [9.17, 15) is 18.4 Å². The van der Waals surface area contributed by atoms with E-state index in [1.54, 1.807) is 50.8 Å². The maximum absolute atomic E-state index is 13.8. The molecule has 1 aromatic heterocycles. The predicted octanol–water partition coefficient (Wildman–Crippen LogP) is 6.30. The van der Waals surface area contributed by atoms with Gasteiger partial charge < -0.3 is 19.1 Å². The van der Waals surface area contributed by atoms with Crippen LogP contribution in [0.25, 0.3) is 0 Å². The first-order chi connectivity index (χ1) is 21.6. The van der Waals surface area contributed by atoms with Crippen molar-refractivity contribution < 1.29 is 37.6 Å². The number of aromatic amines is 1. The highest BCUT2D eigenvalue weighted by atomic mass is 35.5. The Balaban J connectivity index is 1.38. The van der Waals surface area contributed by atoms with E-state index in [0.29, 0.717) is 52.3 Å². The lowest BCUT2D eigenvalue weighted by molar-refractivity contribution is -0.377. The van der Waals surface area contributed by atoms with Gasteiger partial charge in [-0.25, -0.2) is 9.78 Å².